The molecule has 5 rings (SSSR count). The highest BCUT2D eigenvalue weighted by Gasteiger charge is 2.54. The van der Waals surface area contributed by atoms with E-state index in [9.17, 15) is 14.4 Å². The molecule has 3 aliphatic heterocycles. The van der Waals surface area contributed by atoms with Gasteiger partial charge in [-0.15, -0.1) is 11.3 Å². The fourth-order valence-electron chi connectivity index (χ4n) is 6.43. The van der Waals surface area contributed by atoms with Crippen molar-refractivity contribution in [3.05, 3.63) is 34.7 Å². The second-order valence-corrected chi connectivity index (χ2v) is 14.2. The van der Waals surface area contributed by atoms with Gasteiger partial charge in [-0.05, 0) is 42.5 Å². The summed E-state index contributed by atoms with van der Waals surface area (Å²) in [6.07, 6.45) is 0.209. The van der Waals surface area contributed by atoms with Crippen molar-refractivity contribution in [2.75, 3.05) is 51.3 Å². The third-order valence-corrected chi connectivity index (χ3v) is 9.63. The minimum atomic E-state index is -0.645. The average Bonchev–Trinajstić information content (AvgIpc) is 3.64. The Labute approximate surface area is 247 Å². The van der Waals surface area contributed by atoms with E-state index in [0.717, 1.165) is 42.6 Å². The molecule has 0 unspecified atom stereocenters. The lowest BCUT2D eigenvalue weighted by Crippen LogP contribution is -2.45. The molecule has 2 N–H and O–H groups in total. The van der Waals surface area contributed by atoms with Crippen molar-refractivity contribution < 1.29 is 19.1 Å². The van der Waals surface area contributed by atoms with Gasteiger partial charge in [0.15, 0.2) is 10.9 Å². The van der Waals surface area contributed by atoms with Crippen LogP contribution in [-0.4, -0.2) is 90.9 Å². The normalized spacial score (nSPS) is 24.3. The summed E-state index contributed by atoms with van der Waals surface area (Å²) in [6.45, 7) is 14.8. The average molecular weight is 582 g/mol. The Bertz CT molecular complexity index is 1310. The van der Waals surface area contributed by atoms with Gasteiger partial charge in [0.1, 0.15) is 12.6 Å². The number of amides is 2. The molecule has 0 saturated carbocycles. The van der Waals surface area contributed by atoms with Crippen LogP contribution in [0.25, 0.3) is 11.3 Å². The number of likely N-dealkylation sites (N-methyl/N-ethyl adjacent to an activating group) is 1. The summed E-state index contributed by atoms with van der Waals surface area (Å²) < 4.78 is 5.90. The van der Waals surface area contributed by atoms with Crippen molar-refractivity contribution in [2.45, 2.75) is 59.1 Å². The zero-order valence-corrected chi connectivity index (χ0v) is 25.9. The largest absolute Gasteiger partial charge is 0.367 e. The topological polar surface area (TPSA) is 109 Å². The summed E-state index contributed by atoms with van der Waals surface area (Å²) in [5.74, 6) is -1.08. The van der Waals surface area contributed by atoms with Crippen LogP contribution in [0.2, 0.25) is 0 Å². The van der Waals surface area contributed by atoms with Crippen molar-refractivity contribution in [3.8, 4) is 11.3 Å². The maximum absolute atomic E-state index is 14.5. The zero-order valence-electron chi connectivity index (χ0n) is 25.1. The summed E-state index contributed by atoms with van der Waals surface area (Å²) in [5.41, 5.74) is 8.23. The fourth-order valence-corrected chi connectivity index (χ4v) is 7.31. The molecule has 1 aromatic carbocycles. The van der Waals surface area contributed by atoms with Crippen molar-refractivity contribution >= 4 is 34.1 Å². The highest BCUT2D eigenvalue weighted by Crippen LogP contribution is 2.42. The number of ketones is 1. The summed E-state index contributed by atoms with van der Waals surface area (Å²) in [6, 6.07) is 4.91. The van der Waals surface area contributed by atoms with Crippen molar-refractivity contribution in [3.63, 3.8) is 0 Å². The number of piperazine rings is 1. The van der Waals surface area contributed by atoms with E-state index in [1.165, 1.54) is 0 Å². The number of primary amides is 1. The fraction of sp³-hybridized carbons (Fsp3) is 0.613. The number of hydrogen-bond acceptors (Lipinski definition) is 8. The molecule has 3 fully saturated rings. The number of thiazole rings is 1. The molecule has 41 heavy (non-hydrogen) atoms. The molecular formula is C31H43N5O4S. The predicted octanol–water partition coefficient (Wildman–Crippen LogP) is 3.63. The van der Waals surface area contributed by atoms with Crippen LogP contribution in [0.1, 0.15) is 62.9 Å². The van der Waals surface area contributed by atoms with Crippen LogP contribution in [-0.2, 0) is 14.3 Å². The number of fused-ring (bicyclic) bond motifs is 1. The Morgan fingerprint density at radius 2 is 1.88 bits per heavy atom. The predicted molar refractivity (Wildman–Crippen MR) is 161 cm³/mol. The van der Waals surface area contributed by atoms with Crippen LogP contribution >= 0.6 is 11.3 Å². The number of likely N-dealkylation sites (tertiary alicyclic amines) is 1. The Hall–Kier alpha value is -2.82. The second kappa shape index (κ2) is 11.5. The lowest BCUT2D eigenvalue weighted by molar-refractivity contribution is -0.138. The standard InChI is InChI=1S/C31H43N5O4S/c1-18(2)23-15-36(26-25(37)16-40-27(23)26)29(39)22(14-31(3,4)5)21-13-19(7-8-20(21)28(32)38)24-17-41-30(33-24)35-11-9-34(6)10-12-35/h7-8,13,17-18,22-23,26-27H,9-12,14-16H2,1-6H3,(H2,32,38)/t22-,23-,26+,27+/m0/s1. The third kappa shape index (κ3) is 6.05. The number of benzene rings is 1. The van der Waals surface area contributed by atoms with E-state index in [4.69, 9.17) is 15.5 Å². The van der Waals surface area contributed by atoms with Crippen LogP contribution in [0.15, 0.2) is 23.6 Å². The maximum Gasteiger partial charge on any atom is 0.249 e. The van der Waals surface area contributed by atoms with Gasteiger partial charge in [-0.1, -0.05) is 40.7 Å². The van der Waals surface area contributed by atoms with Gasteiger partial charge in [0.25, 0.3) is 0 Å². The van der Waals surface area contributed by atoms with Gasteiger partial charge < -0.3 is 25.2 Å². The number of nitrogens with two attached hydrogens (primary N) is 1. The van der Waals surface area contributed by atoms with E-state index in [1.54, 1.807) is 22.3 Å². The first kappa shape index (κ1) is 29.7. The zero-order chi connectivity index (χ0) is 29.6. The second-order valence-electron chi connectivity index (χ2n) is 13.4. The lowest BCUT2D eigenvalue weighted by atomic mass is 9.78. The van der Waals surface area contributed by atoms with Crippen molar-refractivity contribution in [2.24, 2.45) is 23.0 Å². The molecule has 10 heteroatoms. The molecule has 0 aliphatic carbocycles. The highest BCUT2D eigenvalue weighted by atomic mass is 32.1. The Morgan fingerprint density at radius 1 is 1.17 bits per heavy atom. The number of rotatable bonds is 7. The summed E-state index contributed by atoms with van der Waals surface area (Å²) >= 11 is 1.61. The summed E-state index contributed by atoms with van der Waals surface area (Å²) in [4.78, 5) is 51.4. The van der Waals surface area contributed by atoms with Gasteiger partial charge in [-0.3, -0.25) is 14.4 Å². The number of Topliss-reactive ketones (excluding diaryl/α,β-unsaturated/α-hetero) is 1. The third-order valence-electron chi connectivity index (χ3n) is 8.73. The number of hydrogen-bond donors (Lipinski definition) is 1. The molecule has 2 aromatic rings. The molecular weight excluding hydrogens is 538 g/mol. The SMILES string of the molecule is CC(C)[C@@H]1CN(C(=O)[C@@H](CC(C)(C)C)c2cc(-c3csc(N4CCN(C)CC4)n3)ccc2C(N)=O)[C@@H]2C(=O)CO[C@@H]21. The summed E-state index contributed by atoms with van der Waals surface area (Å²) in [5, 5.41) is 3.00. The van der Waals surface area contributed by atoms with Crippen molar-refractivity contribution in [1.29, 1.82) is 0 Å². The highest BCUT2D eigenvalue weighted by molar-refractivity contribution is 7.14. The Kier molecular flexibility index (Phi) is 8.29. The quantitative estimate of drug-likeness (QED) is 0.532. The van der Waals surface area contributed by atoms with Crippen LogP contribution in [0, 0.1) is 17.3 Å². The van der Waals surface area contributed by atoms with Crippen LogP contribution in [0.4, 0.5) is 5.13 Å². The number of anilines is 1. The number of aromatic nitrogens is 1. The minimum Gasteiger partial charge on any atom is -0.367 e. The van der Waals surface area contributed by atoms with Crippen LogP contribution in [0.3, 0.4) is 0 Å². The number of carbonyl (C=O) groups excluding carboxylic acids is 3. The molecule has 0 bridgehead atoms. The van der Waals surface area contributed by atoms with Gasteiger partial charge in [0.2, 0.25) is 11.8 Å². The molecule has 2 amide bonds. The molecule has 0 spiro atoms. The first-order chi connectivity index (χ1) is 19.3. The van der Waals surface area contributed by atoms with E-state index in [2.05, 4.69) is 51.5 Å². The molecule has 3 aliphatic rings. The first-order valence-corrected chi connectivity index (χ1v) is 15.5. The minimum absolute atomic E-state index is 0.0355. The Balaban J connectivity index is 1.52. The Morgan fingerprint density at radius 3 is 2.51 bits per heavy atom. The summed E-state index contributed by atoms with van der Waals surface area (Å²) in [7, 11) is 2.13. The van der Waals surface area contributed by atoms with Gasteiger partial charge in [0.05, 0.1) is 17.7 Å². The van der Waals surface area contributed by atoms with E-state index >= 15 is 0 Å². The van der Waals surface area contributed by atoms with Gasteiger partial charge >= 0.3 is 0 Å². The molecule has 4 heterocycles. The lowest BCUT2D eigenvalue weighted by Gasteiger charge is -2.32. The van der Waals surface area contributed by atoms with E-state index in [0.29, 0.717) is 24.1 Å². The first-order valence-electron chi connectivity index (χ1n) is 14.6. The van der Waals surface area contributed by atoms with Gasteiger partial charge in [-0.25, -0.2) is 4.98 Å². The monoisotopic (exact) mass is 581 g/mol. The molecule has 222 valence electrons. The molecule has 1 aromatic heterocycles. The smallest absolute Gasteiger partial charge is 0.249 e. The number of nitrogens with zero attached hydrogens (tertiary/aromatic N) is 4. The van der Waals surface area contributed by atoms with Crippen molar-refractivity contribution in [1.82, 2.24) is 14.8 Å². The van der Waals surface area contributed by atoms with E-state index in [1.807, 2.05) is 17.5 Å². The maximum atomic E-state index is 14.5. The van der Waals surface area contributed by atoms with E-state index < -0.39 is 17.9 Å². The number of carbonyl (C=O) groups is 3. The van der Waals surface area contributed by atoms with E-state index in [-0.39, 0.29) is 41.7 Å². The van der Waals surface area contributed by atoms with Gasteiger partial charge in [0, 0.05) is 55.1 Å². The molecule has 9 nitrogen and oxygen atoms in total. The van der Waals surface area contributed by atoms with Crippen LogP contribution in [0.5, 0.6) is 0 Å². The van der Waals surface area contributed by atoms with Crippen LogP contribution < -0.4 is 10.6 Å². The molecule has 3 saturated heterocycles. The molecule has 4 atom stereocenters. The van der Waals surface area contributed by atoms with Gasteiger partial charge in [-0.2, -0.15) is 0 Å². The number of ether oxygens (including phenoxy) is 1. The molecule has 0 radical (unpaired) electrons.